The highest BCUT2D eigenvalue weighted by atomic mass is 16.2. The van der Waals surface area contributed by atoms with Crippen molar-refractivity contribution in [2.45, 2.75) is 50.9 Å². The second-order valence-corrected chi connectivity index (χ2v) is 7.29. The van der Waals surface area contributed by atoms with Crippen LogP contribution in [0.25, 0.3) is 0 Å². The van der Waals surface area contributed by atoms with Gasteiger partial charge in [0.25, 0.3) is 0 Å². The lowest BCUT2D eigenvalue weighted by Gasteiger charge is -2.28. The van der Waals surface area contributed by atoms with Crippen LogP contribution in [-0.4, -0.2) is 39.7 Å². The summed E-state index contributed by atoms with van der Waals surface area (Å²) in [6.07, 6.45) is 3.98. The molecule has 3 heterocycles. The lowest BCUT2D eigenvalue weighted by molar-refractivity contribution is -0.122. The summed E-state index contributed by atoms with van der Waals surface area (Å²) >= 11 is 0. The van der Waals surface area contributed by atoms with Gasteiger partial charge in [-0.3, -0.25) is 10.1 Å². The quantitative estimate of drug-likeness (QED) is 0.757. The summed E-state index contributed by atoms with van der Waals surface area (Å²) in [5, 5.41) is 18.5. The van der Waals surface area contributed by atoms with E-state index in [1.165, 1.54) is 11.3 Å². The van der Waals surface area contributed by atoms with Gasteiger partial charge >= 0.3 is 0 Å². The van der Waals surface area contributed by atoms with Crippen LogP contribution in [0.3, 0.4) is 0 Å². The van der Waals surface area contributed by atoms with Crippen molar-refractivity contribution in [3.8, 4) is 0 Å². The molecular weight excluding hydrogens is 316 g/mol. The number of anilines is 1. The Morgan fingerprint density at radius 2 is 2.28 bits per heavy atom. The van der Waals surface area contributed by atoms with Crippen LogP contribution in [0.5, 0.6) is 0 Å². The molecule has 2 atom stereocenters. The number of rotatable bonds is 5. The van der Waals surface area contributed by atoms with Crippen LogP contribution in [0.1, 0.15) is 31.5 Å². The molecule has 2 aliphatic rings. The Morgan fingerprint density at radius 3 is 3.12 bits per heavy atom. The maximum absolute atomic E-state index is 11.9. The minimum Gasteiger partial charge on any atom is -0.369 e. The SMILES string of the molecule is CC(C)NC(=O)Cn1cc(C[C@@]23CCN[C@@H]2Nc2ccccc23)nn1. The van der Waals surface area contributed by atoms with Gasteiger partial charge in [0.2, 0.25) is 5.91 Å². The number of nitrogens with one attached hydrogen (secondary N) is 3. The number of para-hydroxylation sites is 1. The Kier molecular flexibility index (Phi) is 3.95. The van der Waals surface area contributed by atoms with Gasteiger partial charge < -0.3 is 10.6 Å². The number of nitrogens with zero attached hydrogens (tertiary/aromatic N) is 3. The summed E-state index contributed by atoms with van der Waals surface area (Å²) in [5.74, 6) is -0.0436. The molecule has 25 heavy (non-hydrogen) atoms. The van der Waals surface area contributed by atoms with Crippen molar-refractivity contribution in [2.24, 2.45) is 0 Å². The van der Waals surface area contributed by atoms with E-state index in [0.29, 0.717) is 0 Å². The van der Waals surface area contributed by atoms with Gasteiger partial charge in [-0.15, -0.1) is 5.10 Å². The molecule has 1 aromatic heterocycles. The number of fused-ring (bicyclic) bond motifs is 3. The molecule has 2 aliphatic heterocycles. The molecule has 0 unspecified atom stereocenters. The Labute approximate surface area is 147 Å². The normalized spacial score (nSPS) is 24.0. The third kappa shape index (κ3) is 2.89. The monoisotopic (exact) mass is 340 g/mol. The lowest BCUT2D eigenvalue weighted by atomic mass is 9.76. The van der Waals surface area contributed by atoms with E-state index in [2.05, 4.69) is 50.5 Å². The first-order valence-electron chi connectivity index (χ1n) is 8.85. The molecule has 3 N–H and O–H groups in total. The third-order valence-electron chi connectivity index (χ3n) is 5.07. The Hall–Kier alpha value is -2.41. The average molecular weight is 340 g/mol. The van der Waals surface area contributed by atoms with E-state index in [1.807, 2.05) is 20.0 Å². The highest BCUT2D eigenvalue weighted by molar-refractivity contribution is 5.75. The molecule has 0 saturated carbocycles. The van der Waals surface area contributed by atoms with Crippen LogP contribution < -0.4 is 16.0 Å². The molecule has 132 valence electrons. The smallest absolute Gasteiger partial charge is 0.241 e. The Balaban J connectivity index is 1.53. The van der Waals surface area contributed by atoms with Crippen LogP contribution >= 0.6 is 0 Å². The zero-order chi connectivity index (χ0) is 17.4. The molecule has 4 rings (SSSR count). The number of benzene rings is 1. The van der Waals surface area contributed by atoms with Crippen LogP contribution in [0.2, 0.25) is 0 Å². The van der Waals surface area contributed by atoms with E-state index in [-0.39, 0.29) is 30.1 Å². The highest BCUT2D eigenvalue weighted by Crippen LogP contribution is 2.46. The van der Waals surface area contributed by atoms with Crippen molar-refractivity contribution in [3.05, 3.63) is 41.7 Å². The molecule has 1 saturated heterocycles. The van der Waals surface area contributed by atoms with Crippen LogP contribution in [0.4, 0.5) is 5.69 Å². The first kappa shape index (κ1) is 16.1. The summed E-state index contributed by atoms with van der Waals surface area (Å²) in [6.45, 7) is 5.08. The van der Waals surface area contributed by atoms with Crippen molar-refractivity contribution in [3.63, 3.8) is 0 Å². The first-order valence-corrected chi connectivity index (χ1v) is 8.85. The third-order valence-corrected chi connectivity index (χ3v) is 5.07. The molecule has 0 bridgehead atoms. The van der Waals surface area contributed by atoms with E-state index in [4.69, 9.17) is 0 Å². The molecule has 1 fully saturated rings. The van der Waals surface area contributed by atoms with Crippen LogP contribution in [0, 0.1) is 0 Å². The molecule has 0 radical (unpaired) electrons. The summed E-state index contributed by atoms with van der Waals surface area (Å²) in [5.41, 5.74) is 3.46. The summed E-state index contributed by atoms with van der Waals surface area (Å²) in [7, 11) is 0. The molecule has 1 aromatic carbocycles. The molecular formula is C18H24N6O. The van der Waals surface area contributed by atoms with E-state index < -0.39 is 0 Å². The Morgan fingerprint density at radius 1 is 1.44 bits per heavy atom. The highest BCUT2D eigenvalue weighted by Gasteiger charge is 2.50. The van der Waals surface area contributed by atoms with Gasteiger partial charge in [-0.25, -0.2) is 4.68 Å². The number of carbonyl (C=O) groups excluding carboxylic acids is 1. The average Bonchev–Trinajstić information content (AvgIpc) is 3.21. The van der Waals surface area contributed by atoms with Crippen molar-refractivity contribution >= 4 is 11.6 Å². The van der Waals surface area contributed by atoms with Gasteiger partial charge in [0, 0.05) is 29.8 Å². The topological polar surface area (TPSA) is 83.9 Å². The first-order chi connectivity index (χ1) is 12.1. The second kappa shape index (κ2) is 6.15. The van der Waals surface area contributed by atoms with Crippen molar-refractivity contribution in [1.29, 1.82) is 0 Å². The molecule has 2 aromatic rings. The van der Waals surface area contributed by atoms with E-state index in [0.717, 1.165) is 25.1 Å². The van der Waals surface area contributed by atoms with Gasteiger partial charge in [-0.1, -0.05) is 23.4 Å². The molecule has 0 spiro atoms. The summed E-state index contributed by atoms with van der Waals surface area (Å²) < 4.78 is 1.62. The zero-order valence-corrected chi connectivity index (χ0v) is 14.6. The number of hydrogen-bond donors (Lipinski definition) is 3. The van der Waals surface area contributed by atoms with Gasteiger partial charge in [0.05, 0.1) is 11.9 Å². The van der Waals surface area contributed by atoms with E-state index in [9.17, 15) is 4.79 Å². The minimum absolute atomic E-state index is 0.00233. The lowest BCUT2D eigenvalue weighted by Crippen LogP contribution is -2.42. The van der Waals surface area contributed by atoms with Gasteiger partial charge in [-0.2, -0.15) is 0 Å². The van der Waals surface area contributed by atoms with Crippen molar-refractivity contribution < 1.29 is 4.79 Å². The summed E-state index contributed by atoms with van der Waals surface area (Å²) in [4.78, 5) is 11.9. The zero-order valence-electron chi connectivity index (χ0n) is 14.6. The number of hydrogen-bond acceptors (Lipinski definition) is 5. The standard InChI is InChI=1S/C18H24N6O/c1-12(2)20-16(25)11-24-10-13(22-23-24)9-18-7-8-19-17(18)21-15-6-4-3-5-14(15)18/h3-6,10,12,17,19,21H,7-9,11H2,1-2H3,(H,20,25)/t17-,18-/m1/s1. The molecule has 0 aliphatic carbocycles. The predicted octanol–water partition coefficient (Wildman–Crippen LogP) is 1.03. The fourth-order valence-electron chi connectivity index (χ4n) is 4.08. The largest absolute Gasteiger partial charge is 0.369 e. The van der Waals surface area contributed by atoms with E-state index >= 15 is 0 Å². The van der Waals surface area contributed by atoms with Gasteiger partial charge in [0.15, 0.2) is 0 Å². The van der Waals surface area contributed by atoms with Crippen LogP contribution in [0.15, 0.2) is 30.5 Å². The fraction of sp³-hybridized carbons (Fsp3) is 0.500. The number of amides is 1. The number of carbonyl (C=O) groups is 1. The maximum atomic E-state index is 11.9. The van der Waals surface area contributed by atoms with Gasteiger partial charge in [-0.05, 0) is 38.4 Å². The minimum atomic E-state index is -0.0436. The number of aromatic nitrogens is 3. The maximum Gasteiger partial charge on any atom is 0.241 e. The summed E-state index contributed by atoms with van der Waals surface area (Å²) in [6, 6.07) is 8.61. The predicted molar refractivity (Wildman–Crippen MR) is 95.2 cm³/mol. The molecule has 7 nitrogen and oxygen atoms in total. The Bertz CT molecular complexity index is 785. The second-order valence-electron chi connectivity index (χ2n) is 7.29. The van der Waals surface area contributed by atoms with Crippen molar-refractivity contribution in [2.75, 3.05) is 11.9 Å². The fourth-order valence-corrected chi connectivity index (χ4v) is 4.08. The van der Waals surface area contributed by atoms with E-state index in [1.54, 1.807) is 4.68 Å². The molecule has 1 amide bonds. The molecule has 7 heteroatoms. The van der Waals surface area contributed by atoms with Crippen LogP contribution in [-0.2, 0) is 23.2 Å². The van der Waals surface area contributed by atoms with Gasteiger partial charge in [0.1, 0.15) is 6.54 Å². The van der Waals surface area contributed by atoms with Crippen molar-refractivity contribution in [1.82, 2.24) is 25.6 Å².